The van der Waals surface area contributed by atoms with Gasteiger partial charge in [-0.1, -0.05) is 0 Å². The predicted octanol–water partition coefficient (Wildman–Crippen LogP) is 5.05. The van der Waals surface area contributed by atoms with Crippen molar-refractivity contribution < 1.29 is 0 Å². The summed E-state index contributed by atoms with van der Waals surface area (Å²) in [4.78, 5) is 0. The minimum atomic E-state index is 0.794. The highest BCUT2D eigenvalue weighted by molar-refractivity contribution is 8.22. The molecule has 0 aromatic heterocycles. The van der Waals surface area contributed by atoms with Crippen molar-refractivity contribution in [3.63, 3.8) is 0 Å². The zero-order valence-corrected chi connectivity index (χ0v) is 18.7. The molecule has 0 saturated carbocycles. The van der Waals surface area contributed by atoms with Crippen LogP contribution in [0.5, 0.6) is 0 Å². The predicted molar refractivity (Wildman–Crippen MR) is 122 cm³/mol. The smallest absolute Gasteiger partial charge is 0.0596 e. The fourth-order valence-corrected chi connectivity index (χ4v) is 12.5. The van der Waals surface area contributed by atoms with E-state index in [1.165, 1.54) is 40.9 Å². The molecule has 4 atom stereocenters. The van der Waals surface area contributed by atoms with Crippen molar-refractivity contribution >= 4 is 95.8 Å². The van der Waals surface area contributed by atoms with Crippen molar-refractivity contribution in [3.05, 3.63) is 0 Å². The molecule has 2 aliphatic rings. The molecule has 4 unspecified atom stereocenters. The van der Waals surface area contributed by atoms with Gasteiger partial charge in [0, 0.05) is 45.0 Å². The molecule has 2 aliphatic heterocycles. The molecule has 2 saturated heterocycles. The first-order chi connectivity index (χ1) is 10.3. The van der Waals surface area contributed by atoms with Crippen LogP contribution in [0.2, 0.25) is 0 Å². The maximum Gasteiger partial charge on any atom is 0.0596 e. The highest BCUT2D eigenvalue weighted by Crippen LogP contribution is 2.41. The standard InChI is InChI=1S/C13H24S8/c14-4-10-6-18-12(20-10)8-16-2-1-3-17-9-13-19-7-11(5-15)21-13/h10-15H,1-9H2. The van der Waals surface area contributed by atoms with Crippen LogP contribution in [0.15, 0.2) is 0 Å². The van der Waals surface area contributed by atoms with E-state index in [1.54, 1.807) is 0 Å². The summed E-state index contributed by atoms with van der Waals surface area (Å²) in [6.45, 7) is 0. The molecule has 0 aliphatic carbocycles. The molecule has 2 rings (SSSR count). The van der Waals surface area contributed by atoms with Crippen molar-refractivity contribution in [2.24, 2.45) is 0 Å². The van der Waals surface area contributed by atoms with Crippen molar-refractivity contribution in [2.45, 2.75) is 26.1 Å². The molecular formula is C13H24S8. The first-order valence-corrected chi connectivity index (χ1v) is 14.8. The quantitative estimate of drug-likeness (QED) is 0.360. The Morgan fingerprint density at radius 3 is 1.67 bits per heavy atom. The number of rotatable bonds is 10. The average molecular weight is 437 g/mol. The monoisotopic (exact) mass is 436 g/mol. The largest absolute Gasteiger partial charge is 0.178 e. The van der Waals surface area contributed by atoms with Gasteiger partial charge in [0.05, 0.1) is 9.16 Å². The topological polar surface area (TPSA) is 0 Å². The van der Waals surface area contributed by atoms with Crippen molar-refractivity contribution in [2.75, 3.05) is 46.0 Å². The minimum Gasteiger partial charge on any atom is -0.178 e. The summed E-state index contributed by atoms with van der Waals surface area (Å²) < 4.78 is 1.65. The van der Waals surface area contributed by atoms with Crippen LogP contribution in [0.3, 0.4) is 0 Å². The third kappa shape index (κ3) is 8.15. The summed E-state index contributed by atoms with van der Waals surface area (Å²) in [7, 11) is 0. The van der Waals surface area contributed by atoms with Crippen LogP contribution in [0.4, 0.5) is 0 Å². The maximum atomic E-state index is 4.40. The van der Waals surface area contributed by atoms with Gasteiger partial charge in [-0.15, -0.1) is 47.0 Å². The van der Waals surface area contributed by atoms with E-state index < -0.39 is 0 Å². The second-order valence-electron chi connectivity index (χ2n) is 4.91. The highest BCUT2D eigenvalue weighted by atomic mass is 32.2. The van der Waals surface area contributed by atoms with Crippen molar-refractivity contribution in [1.29, 1.82) is 0 Å². The van der Waals surface area contributed by atoms with E-state index in [2.05, 4.69) is 95.8 Å². The molecule has 0 bridgehead atoms. The van der Waals surface area contributed by atoms with Gasteiger partial charge in [0.1, 0.15) is 0 Å². The van der Waals surface area contributed by atoms with Crippen LogP contribution in [0.1, 0.15) is 6.42 Å². The van der Waals surface area contributed by atoms with E-state index in [4.69, 9.17) is 0 Å². The van der Waals surface area contributed by atoms with Gasteiger partial charge in [0.25, 0.3) is 0 Å². The molecule has 0 N–H and O–H groups in total. The second kappa shape index (κ2) is 12.2. The zero-order valence-electron chi connectivity index (χ0n) is 12.0. The molecule has 0 aromatic rings. The molecule has 0 nitrogen and oxygen atoms in total. The van der Waals surface area contributed by atoms with Gasteiger partial charge >= 0.3 is 0 Å². The lowest BCUT2D eigenvalue weighted by Crippen LogP contribution is -2.03. The van der Waals surface area contributed by atoms with Crippen molar-refractivity contribution in [1.82, 2.24) is 0 Å². The van der Waals surface area contributed by atoms with Crippen LogP contribution in [0, 0.1) is 0 Å². The Morgan fingerprint density at radius 2 is 1.29 bits per heavy atom. The Morgan fingerprint density at radius 1 is 0.810 bits per heavy atom. The molecule has 0 radical (unpaired) electrons. The summed E-state index contributed by atoms with van der Waals surface area (Å²) in [5.74, 6) is 10.0. The van der Waals surface area contributed by atoms with E-state index in [0.717, 1.165) is 31.2 Å². The molecule has 2 fully saturated rings. The third-order valence-corrected chi connectivity index (χ3v) is 14.2. The van der Waals surface area contributed by atoms with Crippen LogP contribution < -0.4 is 0 Å². The Balaban J connectivity index is 1.37. The molecule has 2 heterocycles. The van der Waals surface area contributed by atoms with E-state index in [9.17, 15) is 0 Å². The van der Waals surface area contributed by atoms with E-state index >= 15 is 0 Å². The fraction of sp³-hybridized carbons (Fsp3) is 1.00. The Bertz CT molecular complexity index is 251. The van der Waals surface area contributed by atoms with Crippen LogP contribution in [-0.2, 0) is 0 Å². The molecule has 8 heteroatoms. The van der Waals surface area contributed by atoms with Crippen LogP contribution >= 0.6 is 95.8 Å². The highest BCUT2D eigenvalue weighted by Gasteiger charge is 2.25. The summed E-state index contributed by atoms with van der Waals surface area (Å²) in [6, 6.07) is 0. The molecule has 0 amide bonds. The summed E-state index contributed by atoms with van der Waals surface area (Å²) in [5.41, 5.74) is 0. The molecule has 0 aromatic carbocycles. The molecular weight excluding hydrogens is 413 g/mol. The average Bonchev–Trinajstić information content (AvgIpc) is 3.15. The van der Waals surface area contributed by atoms with E-state index in [1.807, 2.05) is 0 Å². The Hall–Kier alpha value is 2.80. The number of hydrogen-bond acceptors (Lipinski definition) is 8. The molecule has 0 spiro atoms. The van der Waals surface area contributed by atoms with Gasteiger partial charge < -0.3 is 0 Å². The van der Waals surface area contributed by atoms with Crippen molar-refractivity contribution in [3.8, 4) is 0 Å². The first-order valence-electron chi connectivity index (χ1n) is 7.23. The summed E-state index contributed by atoms with van der Waals surface area (Å²) in [6.07, 6.45) is 1.37. The SMILES string of the molecule is SCC1CSC(CSCCCSCC2SCC(CS)S2)S1. The maximum absolute atomic E-state index is 4.40. The lowest BCUT2D eigenvalue weighted by Gasteiger charge is -2.10. The van der Waals surface area contributed by atoms with Gasteiger partial charge in [-0.3, -0.25) is 0 Å². The zero-order chi connectivity index (χ0) is 14.9. The number of hydrogen-bond donors (Lipinski definition) is 2. The van der Waals surface area contributed by atoms with Gasteiger partial charge in [-0.2, -0.15) is 48.8 Å². The van der Waals surface area contributed by atoms with Gasteiger partial charge in [-0.25, -0.2) is 0 Å². The normalized spacial score (nSPS) is 32.9. The Labute approximate surface area is 166 Å². The first kappa shape index (κ1) is 20.1. The summed E-state index contributed by atoms with van der Waals surface area (Å²) >= 11 is 21.7. The lowest BCUT2D eigenvalue weighted by atomic mass is 10.6. The molecule has 124 valence electrons. The van der Waals surface area contributed by atoms with Gasteiger partial charge in [0.2, 0.25) is 0 Å². The Kier molecular flexibility index (Phi) is 11.7. The molecule has 21 heavy (non-hydrogen) atoms. The fourth-order valence-electron chi connectivity index (χ4n) is 2.00. The minimum absolute atomic E-state index is 0.794. The van der Waals surface area contributed by atoms with Gasteiger partial charge in [0.15, 0.2) is 0 Å². The lowest BCUT2D eigenvalue weighted by molar-refractivity contribution is 1.12. The van der Waals surface area contributed by atoms with Gasteiger partial charge in [-0.05, 0) is 17.9 Å². The summed E-state index contributed by atoms with van der Waals surface area (Å²) in [5, 5.41) is 1.59. The van der Waals surface area contributed by atoms with E-state index in [0.29, 0.717) is 0 Å². The third-order valence-electron chi connectivity index (χ3n) is 3.12. The second-order valence-corrected chi connectivity index (χ2v) is 14.0. The van der Waals surface area contributed by atoms with Crippen LogP contribution in [0.25, 0.3) is 0 Å². The number of thioether (sulfide) groups is 6. The van der Waals surface area contributed by atoms with Crippen LogP contribution in [-0.4, -0.2) is 65.7 Å². The number of thiol groups is 2. The van der Waals surface area contributed by atoms with E-state index in [-0.39, 0.29) is 0 Å².